The topological polar surface area (TPSA) is 124 Å². The second kappa shape index (κ2) is 12.6. The van der Waals surface area contributed by atoms with E-state index < -0.39 is 17.1 Å². The molecule has 6 bridgehead atoms. The van der Waals surface area contributed by atoms with Crippen LogP contribution in [0.15, 0.2) is 42.5 Å². The number of aliphatic hydroxyl groups is 2. The summed E-state index contributed by atoms with van der Waals surface area (Å²) in [4.78, 5) is 17.6. The first-order valence-corrected chi connectivity index (χ1v) is 21.5. The number of likely N-dealkylation sites (tertiary alicyclic amines) is 1. The summed E-state index contributed by atoms with van der Waals surface area (Å²) in [6.07, 6.45) is 9.89. The highest BCUT2D eigenvalue weighted by molar-refractivity contribution is 5.78. The number of methoxy groups -OCH3 is 1. The van der Waals surface area contributed by atoms with Gasteiger partial charge in [-0.15, -0.1) is 0 Å². The lowest BCUT2D eigenvalue weighted by Gasteiger charge is -2.75. The molecule has 5 aliphatic carbocycles. The van der Waals surface area contributed by atoms with Gasteiger partial charge in [0.15, 0.2) is 11.5 Å². The lowest BCUT2D eigenvalue weighted by atomic mass is 9.33. The fourth-order valence-corrected chi connectivity index (χ4v) is 13.6. The number of aromatic hydroxyl groups is 1. The summed E-state index contributed by atoms with van der Waals surface area (Å²) in [6.45, 7) is 10.6. The van der Waals surface area contributed by atoms with Crippen molar-refractivity contribution in [2.75, 3.05) is 33.9 Å². The average molecular weight is 771 g/mol. The zero-order valence-electron chi connectivity index (χ0n) is 34.1. The van der Waals surface area contributed by atoms with Crippen molar-refractivity contribution in [3.05, 3.63) is 59.2 Å². The average Bonchev–Trinajstić information content (AvgIpc) is 4.10. The van der Waals surface area contributed by atoms with Gasteiger partial charge in [-0.05, 0) is 94.0 Å². The van der Waals surface area contributed by atoms with Crippen LogP contribution in [0.2, 0.25) is 0 Å². The van der Waals surface area contributed by atoms with Gasteiger partial charge in [-0.25, -0.2) is 0 Å². The Kier molecular flexibility index (Phi) is 8.47. The van der Waals surface area contributed by atoms with E-state index in [-0.39, 0.29) is 52.7 Å². The van der Waals surface area contributed by atoms with Gasteiger partial charge in [0, 0.05) is 66.9 Å². The predicted molar refractivity (Wildman–Crippen MR) is 210 cm³/mol. The van der Waals surface area contributed by atoms with Crippen LogP contribution in [0, 0.1) is 22.7 Å². The Morgan fingerprint density at radius 2 is 1.73 bits per heavy atom. The standard InChI is InChI=1S/C29H41NO4.C17H21NO4/c1-25(2,3)26(4,32)20-15-27-10-11-29(20,33-5)24-28(27)12-13-30(16-17-6-7-17)21(27)14-18-8-9-19(31)23(34-24)22(18)28;1-18-13-7-11(8-14(18)16-15(13)22-16)21-17(20)12(9-19)10-5-3-2-4-6-10/h8-9,17,20-21,24,31-32H,6-7,10-16H2,1-5H3;2-6,11-16,19H,7-9H2,1H3/t20-,21-,24-,26+,27-,28+,29+;11?,12-,13-,14+,15-,16+/m11/s1. The summed E-state index contributed by atoms with van der Waals surface area (Å²) in [5.74, 6) is 0.887. The van der Waals surface area contributed by atoms with Gasteiger partial charge in [0.05, 0.1) is 12.2 Å². The number of hydrogen-bond acceptors (Lipinski definition) is 10. The third-order valence-electron chi connectivity index (χ3n) is 17.2. The number of nitrogens with zero attached hydrogens (tertiary/aromatic N) is 2. The van der Waals surface area contributed by atoms with Crippen LogP contribution < -0.4 is 4.74 Å². The molecule has 1 unspecified atom stereocenters. The van der Waals surface area contributed by atoms with Crippen LogP contribution in [0.25, 0.3) is 0 Å². The zero-order chi connectivity index (χ0) is 39.2. The quantitative estimate of drug-likeness (QED) is 0.240. The number of carbonyl (C=O) groups excluding carboxylic acids is 1. The molecule has 13 atom stereocenters. The van der Waals surface area contributed by atoms with Gasteiger partial charge in [-0.2, -0.15) is 0 Å². The number of benzene rings is 2. The highest BCUT2D eigenvalue weighted by atomic mass is 16.6. The van der Waals surface area contributed by atoms with Crippen LogP contribution in [-0.2, 0) is 30.8 Å². The van der Waals surface area contributed by atoms with Crippen molar-refractivity contribution in [1.29, 1.82) is 0 Å². The molecule has 304 valence electrons. The van der Waals surface area contributed by atoms with E-state index in [1.54, 1.807) is 0 Å². The second-order valence-corrected chi connectivity index (χ2v) is 20.3. The number of phenolic OH excluding ortho intramolecular Hbond substituents is 1. The fraction of sp³-hybridized carbons (Fsp3) is 0.717. The number of epoxide rings is 1. The molecule has 0 amide bonds. The summed E-state index contributed by atoms with van der Waals surface area (Å²) in [7, 11) is 3.96. The Morgan fingerprint density at radius 3 is 2.38 bits per heavy atom. The van der Waals surface area contributed by atoms with Crippen LogP contribution in [0.3, 0.4) is 0 Å². The van der Waals surface area contributed by atoms with Crippen molar-refractivity contribution < 1.29 is 39.1 Å². The molecule has 12 rings (SSSR count). The second-order valence-electron chi connectivity index (χ2n) is 20.3. The number of rotatable bonds is 8. The van der Waals surface area contributed by atoms with Crippen LogP contribution >= 0.6 is 0 Å². The van der Waals surface area contributed by atoms with Gasteiger partial charge in [0.25, 0.3) is 0 Å². The normalized spacial score (nSPS) is 41.4. The van der Waals surface area contributed by atoms with E-state index in [1.165, 1.54) is 30.5 Å². The minimum atomic E-state index is -0.909. The molecule has 0 radical (unpaired) electrons. The highest BCUT2D eigenvalue weighted by Gasteiger charge is 2.82. The Morgan fingerprint density at radius 1 is 1.02 bits per heavy atom. The Hall–Kier alpha value is -2.73. The number of likely N-dealkylation sites (N-methyl/N-ethyl adjacent to an activating group) is 1. The highest BCUT2D eigenvalue weighted by Crippen LogP contribution is 2.78. The van der Waals surface area contributed by atoms with Gasteiger partial charge in [0.2, 0.25) is 0 Å². The van der Waals surface area contributed by atoms with Gasteiger partial charge in [0.1, 0.15) is 35.9 Å². The van der Waals surface area contributed by atoms with Gasteiger partial charge >= 0.3 is 5.97 Å². The number of ether oxygens (including phenoxy) is 4. The van der Waals surface area contributed by atoms with Crippen molar-refractivity contribution in [3.63, 3.8) is 0 Å². The Bertz CT molecular complexity index is 1860. The van der Waals surface area contributed by atoms with Crippen molar-refractivity contribution in [3.8, 4) is 11.5 Å². The van der Waals surface area contributed by atoms with Crippen molar-refractivity contribution in [2.24, 2.45) is 22.7 Å². The summed E-state index contributed by atoms with van der Waals surface area (Å²) in [6, 6.07) is 14.5. The SMILES string of the molecule is CN1[C@@H]2CC(OC(=O)[C@H](CO)c3ccccc3)C[C@H]1[C@@H]1O[C@@H]12.CO[C@@]12CC[C@@]3(C[C@@H]1[C@](C)(O)C(C)(C)C)[C@H]1Cc4ccc(O)c5c4[C@@]3(CCN1CC1CC1)[C@H]2O5. The molecule has 4 saturated carbocycles. The maximum Gasteiger partial charge on any atom is 0.316 e. The molecule has 8 fully saturated rings. The number of carbonyl (C=O) groups is 1. The van der Waals surface area contributed by atoms with Crippen molar-refractivity contribution in [1.82, 2.24) is 9.80 Å². The van der Waals surface area contributed by atoms with Gasteiger partial charge in [-0.3, -0.25) is 14.6 Å². The van der Waals surface area contributed by atoms with Crippen molar-refractivity contribution in [2.45, 2.75) is 151 Å². The molecule has 56 heavy (non-hydrogen) atoms. The summed E-state index contributed by atoms with van der Waals surface area (Å²) in [5.41, 5.74) is 1.59. The van der Waals surface area contributed by atoms with E-state index in [0.29, 0.717) is 36.1 Å². The molecule has 5 heterocycles. The predicted octanol–water partition coefficient (Wildman–Crippen LogP) is 5.33. The maximum atomic E-state index is 12.4. The third-order valence-corrected chi connectivity index (χ3v) is 17.2. The number of esters is 1. The van der Waals surface area contributed by atoms with E-state index in [2.05, 4.69) is 43.7 Å². The number of aliphatic hydroxyl groups excluding tert-OH is 1. The van der Waals surface area contributed by atoms with E-state index >= 15 is 0 Å². The van der Waals surface area contributed by atoms with Crippen LogP contribution in [0.1, 0.15) is 102 Å². The number of piperidine rings is 2. The fourth-order valence-electron chi connectivity index (χ4n) is 13.6. The lowest BCUT2D eigenvalue weighted by Crippen LogP contribution is -2.83. The minimum Gasteiger partial charge on any atom is -0.504 e. The zero-order valence-corrected chi connectivity index (χ0v) is 34.1. The molecule has 10 heteroatoms. The van der Waals surface area contributed by atoms with Gasteiger partial charge in [-0.1, -0.05) is 57.2 Å². The van der Waals surface area contributed by atoms with Crippen molar-refractivity contribution >= 4 is 5.97 Å². The summed E-state index contributed by atoms with van der Waals surface area (Å²) < 4.78 is 24.8. The molecule has 5 aliphatic heterocycles. The summed E-state index contributed by atoms with van der Waals surface area (Å²) >= 11 is 0. The molecule has 0 aromatic heterocycles. The van der Waals surface area contributed by atoms with E-state index in [1.807, 2.05) is 50.4 Å². The van der Waals surface area contributed by atoms with E-state index in [0.717, 1.165) is 63.0 Å². The van der Waals surface area contributed by atoms with E-state index in [4.69, 9.17) is 18.9 Å². The summed E-state index contributed by atoms with van der Waals surface area (Å²) in [5, 5.41) is 32.7. The first-order chi connectivity index (χ1) is 26.7. The van der Waals surface area contributed by atoms with Crippen LogP contribution in [0.4, 0.5) is 0 Å². The minimum absolute atomic E-state index is 0.0294. The molecular formula is C46H62N2O8. The molecule has 3 N–H and O–H groups in total. The molecular weight excluding hydrogens is 709 g/mol. The number of fused-ring (bicyclic) bond motifs is 7. The molecule has 2 spiro atoms. The molecule has 10 aliphatic rings. The van der Waals surface area contributed by atoms with E-state index in [9.17, 15) is 20.1 Å². The molecule has 10 nitrogen and oxygen atoms in total. The maximum absolute atomic E-state index is 12.4. The number of phenols is 1. The number of hydrogen-bond donors (Lipinski definition) is 3. The smallest absolute Gasteiger partial charge is 0.316 e. The first kappa shape index (κ1) is 37.5. The molecule has 4 saturated heterocycles. The lowest BCUT2D eigenvalue weighted by molar-refractivity contribution is -0.312. The van der Waals surface area contributed by atoms with Crippen LogP contribution in [-0.4, -0.2) is 119 Å². The Balaban J connectivity index is 0.000000151. The molecule has 2 aromatic rings. The molecule has 2 aromatic carbocycles. The largest absolute Gasteiger partial charge is 0.504 e. The van der Waals surface area contributed by atoms with Gasteiger partial charge < -0.3 is 34.3 Å². The number of morpholine rings is 1. The monoisotopic (exact) mass is 770 g/mol. The Labute approximate surface area is 331 Å². The van der Waals surface area contributed by atoms with Crippen LogP contribution in [0.5, 0.6) is 11.5 Å². The first-order valence-electron chi connectivity index (χ1n) is 21.5. The third kappa shape index (κ3) is 5.04.